The summed E-state index contributed by atoms with van der Waals surface area (Å²) < 4.78 is 5.14. The standard InChI is InChI=1S/C13H17NO3/c1-9(2)14-12(15)17-10(3)13(14,16)11-7-5-4-6-8-11/h4-10,16H,1-3H3. The zero-order chi connectivity index (χ0) is 12.6. The summed E-state index contributed by atoms with van der Waals surface area (Å²) in [6.07, 6.45) is -1.06. The molecule has 1 aliphatic heterocycles. The normalized spacial score (nSPS) is 28.6. The van der Waals surface area contributed by atoms with E-state index in [0.29, 0.717) is 5.56 Å². The van der Waals surface area contributed by atoms with Crippen LogP contribution >= 0.6 is 0 Å². The average Bonchev–Trinajstić information content (AvgIpc) is 2.51. The molecule has 17 heavy (non-hydrogen) atoms. The maximum atomic E-state index is 11.8. The van der Waals surface area contributed by atoms with Gasteiger partial charge in [0.2, 0.25) is 5.72 Å². The molecule has 1 N–H and O–H groups in total. The van der Waals surface area contributed by atoms with E-state index in [0.717, 1.165) is 0 Å². The van der Waals surface area contributed by atoms with Gasteiger partial charge in [-0.15, -0.1) is 0 Å². The molecule has 1 aromatic carbocycles. The van der Waals surface area contributed by atoms with E-state index in [1.807, 2.05) is 32.0 Å². The van der Waals surface area contributed by atoms with Crippen LogP contribution in [0.2, 0.25) is 0 Å². The van der Waals surface area contributed by atoms with Crippen LogP contribution < -0.4 is 0 Å². The molecule has 0 aromatic heterocycles. The molecule has 1 amide bonds. The molecule has 92 valence electrons. The third kappa shape index (κ3) is 1.69. The Morgan fingerprint density at radius 3 is 2.47 bits per heavy atom. The molecule has 4 nitrogen and oxygen atoms in total. The first kappa shape index (κ1) is 11.9. The maximum Gasteiger partial charge on any atom is 0.413 e. The lowest BCUT2D eigenvalue weighted by Crippen LogP contribution is -2.50. The molecule has 0 aliphatic carbocycles. The van der Waals surface area contributed by atoms with Crippen LogP contribution in [0.1, 0.15) is 26.3 Å². The Bertz CT molecular complexity index is 418. The molecule has 4 heteroatoms. The van der Waals surface area contributed by atoms with E-state index in [2.05, 4.69) is 0 Å². The van der Waals surface area contributed by atoms with Crippen LogP contribution in [0.4, 0.5) is 4.79 Å². The van der Waals surface area contributed by atoms with Crippen LogP contribution in [-0.2, 0) is 10.5 Å². The monoisotopic (exact) mass is 235 g/mol. The SMILES string of the molecule is CC(C)N1C(=O)OC(C)C1(O)c1ccccc1. The summed E-state index contributed by atoms with van der Waals surface area (Å²) in [6.45, 7) is 5.41. The van der Waals surface area contributed by atoms with Gasteiger partial charge in [-0.1, -0.05) is 30.3 Å². The Morgan fingerprint density at radius 2 is 1.94 bits per heavy atom. The molecule has 2 rings (SSSR count). The van der Waals surface area contributed by atoms with E-state index in [1.165, 1.54) is 4.90 Å². The minimum absolute atomic E-state index is 0.127. The zero-order valence-electron chi connectivity index (χ0n) is 10.3. The Balaban J connectivity index is 2.50. The largest absolute Gasteiger partial charge is 0.441 e. The minimum atomic E-state index is -1.38. The molecule has 0 radical (unpaired) electrons. The van der Waals surface area contributed by atoms with Gasteiger partial charge < -0.3 is 9.84 Å². The number of nitrogens with zero attached hydrogens (tertiary/aromatic N) is 1. The predicted octanol–water partition coefficient (Wildman–Crippen LogP) is 2.08. The Labute approximate surface area is 101 Å². The van der Waals surface area contributed by atoms with Gasteiger partial charge in [0, 0.05) is 11.6 Å². The number of carbonyl (C=O) groups is 1. The highest BCUT2D eigenvalue weighted by Crippen LogP contribution is 2.38. The van der Waals surface area contributed by atoms with Gasteiger partial charge in [-0.2, -0.15) is 0 Å². The minimum Gasteiger partial charge on any atom is -0.441 e. The highest BCUT2D eigenvalue weighted by atomic mass is 16.6. The molecule has 1 fully saturated rings. The summed E-state index contributed by atoms with van der Waals surface area (Å²) >= 11 is 0. The van der Waals surface area contributed by atoms with Gasteiger partial charge in [-0.05, 0) is 20.8 Å². The predicted molar refractivity (Wildman–Crippen MR) is 63.3 cm³/mol. The summed E-state index contributed by atoms with van der Waals surface area (Å²) in [5, 5.41) is 10.8. The number of cyclic esters (lactones) is 1. The molecule has 1 aliphatic rings. The van der Waals surface area contributed by atoms with E-state index >= 15 is 0 Å². The van der Waals surface area contributed by atoms with Crippen LogP contribution in [0, 0.1) is 0 Å². The van der Waals surface area contributed by atoms with Crippen molar-refractivity contribution < 1.29 is 14.6 Å². The fraction of sp³-hybridized carbons (Fsp3) is 0.462. The molecule has 2 atom stereocenters. The van der Waals surface area contributed by atoms with E-state index in [9.17, 15) is 9.90 Å². The lowest BCUT2D eigenvalue weighted by atomic mass is 9.96. The number of benzene rings is 1. The van der Waals surface area contributed by atoms with Crippen LogP contribution in [0.3, 0.4) is 0 Å². The smallest absolute Gasteiger partial charge is 0.413 e. The van der Waals surface area contributed by atoms with Crippen molar-refractivity contribution in [3.05, 3.63) is 35.9 Å². The second kappa shape index (κ2) is 4.04. The van der Waals surface area contributed by atoms with Crippen molar-refractivity contribution in [2.45, 2.75) is 38.6 Å². The van der Waals surface area contributed by atoms with Crippen LogP contribution in [-0.4, -0.2) is 28.2 Å². The Morgan fingerprint density at radius 1 is 1.35 bits per heavy atom. The van der Waals surface area contributed by atoms with Gasteiger partial charge in [0.25, 0.3) is 0 Å². The summed E-state index contributed by atoms with van der Waals surface area (Å²) in [5.41, 5.74) is -0.709. The van der Waals surface area contributed by atoms with Crippen molar-refractivity contribution in [3.8, 4) is 0 Å². The Hall–Kier alpha value is -1.55. The summed E-state index contributed by atoms with van der Waals surface area (Å²) in [7, 11) is 0. The van der Waals surface area contributed by atoms with Gasteiger partial charge in [0.05, 0.1) is 0 Å². The second-order valence-corrected chi connectivity index (χ2v) is 4.58. The fourth-order valence-corrected chi connectivity index (χ4v) is 2.29. The van der Waals surface area contributed by atoms with Gasteiger partial charge in [0.1, 0.15) is 0 Å². The lowest BCUT2D eigenvalue weighted by molar-refractivity contribution is -0.111. The highest BCUT2D eigenvalue weighted by molar-refractivity contribution is 5.72. The number of ether oxygens (including phenoxy) is 1. The van der Waals surface area contributed by atoms with E-state index in [4.69, 9.17) is 4.74 Å². The number of hydrogen-bond acceptors (Lipinski definition) is 3. The quantitative estimate of drug-likeness (QED) is 0.853. The van der Waals surface area contributed by atoms with Gasteiger partial charge >= 0.3 is 6.09 Å². The van der Waals surface area contributed by atoms with Gasteiger partial charge in [-0.25, -0.2) is 4.79 Å². The summed E-state index contributed by atoms with van der Waals surface area (Å²) in [4.78, 5) is 13.1. The number of hydrogen-bond donors (Lipinski definition) is 1. The third-order valence-electron chi connectivity index (χ3n) is 3.12. The van der Waals surface area contributed by atoms with Crippen molar-refractivity contribution in [1.82, 2.24) is 4.90 Å². The third-order valence-corrected chi connectivity index (χ3v) is 3.12. The molecule has 0 bridgehead atoms. The first-order chi connectivity index (χ1) is 7.98. The van der Waals surface area contributed by atoms with Crippen LogP contribution in [0.5, 0.6) is 0 Å². The van der Waals surface area contributed by atoms with E-state index in [1.54, 1.807) is 19.1 Å². The first-order valence-electron chi connectivity index (χ1n) is 5.75. The highest BCUT2D eigenvalue weighted by Gasteiger charge is 2.54. The molecule has 0 saturated carbocycles. The van der Waals surface area contributed by atoms with Gasteiger partial charge in [0.15, 0.2) is 6.10 Å². The molecule has 1 heterocycles. The van der Waals surface area contributed by atoms with Crippen molar-refractivity contribution in [2.75, 3.05) is 0 Å². The van der Waals surface area contributed by atoms with E-state index < -0.39 is 17.9 Å². The average molecular weight is 235 g/mol. The van der Waals surface area contributed by atoms with Crippen molar-refractivity contribution in [3.63, 3.8) is 0 Å². The van der Waals surface area contributed by atoms with Crippen LogP contribution in [0.25, 0.3) is 0 Å². The van der Waals surface area contributed by atoms with Crippen molar-refractivity contribution in [2.24, 2.45) is 0 Å². The molecule has 1 saturated heterocycles. The fourth-order valence-electron chi connectivity index (χ4n) is 2.29. The van der Waals surface area contributed by atoms with Crippen LogP contribution in [0.15, 0.2) is 30.3 Å². The lowest BCUT2D eigenvalue weighted by Gasteiger charge is -2.35. The van der Waals surface area contributed by atoms with Gasteiger partial charge in [-0.3, -0.25) is 4.90 Å². The number of aliphatic hydroxyl groups is 1. The van der Waals surface area contributed by atoms with Crippen molar-refractivity contribution >= 4 is 6.09 Å². The first-order valence-corrected chi connectivity index (χ1v) is 5.75. The summed E-state index contributed by atoms with van der Waals surface area (Å²) in [5.74, 6) is 0. The summed E-state index contributed by atoms with van der Waals surface area (Å²) in [6, 6.07) is 9.01. The van der Waals surface area contributed by atoms with Crippen molar-refractivity contribution in [1.29, 1.82) is 0 Å². The van der Waals surface area contributed by atoms with E-state index in [-0.39, 0.29) is 6.04 Å². The second-order valence-electron chi connectivity index (χ2n) is 4.58. The number of amides is 1. The molecular weight excluding hydrogens is 218 g/mol. The molecular formula is C13H17NO3. The maximum absolute atomic E-state index is 11.8. The molecule has 1 aromatic rings. The number of carbonyl (C=O) groups excluding carboxylic acids is 1. The topological polar surface area (TPSA) is 49.8 Å². The Kier molecular flexibility index (Phi) is 2.83. The molecule has 2 unspecified atom stereocenters. The number of rotatable bonds is 2. The zero-order valence-corrected chi connectivity index (χ0v) is 10.3. The molecule has 0 spiro atoms.